The summed E-state index contributed by atoms with van der Waals surface area (Å²) >= 11 is 0. The van der Waals surface area contributed by atoms with Crippen LogP contribution in [0.15, 0.2) is 4.63 Å². The van der Waals surface area contributed by atoms with E-state index in [2.05, 4.69) is 30.6 Å². The molecule has 2 aromatic rings. The summed E-state index contributed by atoms with van der Waals surface area (Å²) in [4.78, 5) is 0. The Morgan fingerprint density at radius 2 is 2.07 bits per heavy atom. The third kappa shape index (κ3) is 1.01. The lowest BCUT2D eigenvalue weighted by Crippen LogP contribution is -2.19. The molecule has 0 saturated heterocycles. The zero-order valence-electron chi connectivity index (χ0n) is 6.88. The predicted octanol–water partition coefficient (Wildman–Crippen LogP) is -2.09. The number of aromatic nitrogens is 5. The fraction of sp³-hybridized carbons (Fsp3) is 0. The molecule has 74 valence electrons. The molecule has 14 heavy (non-hydrogen) atoms. The molecule has 7 N–H and O–H groups in total. The second-order valence-corrected chi connectivity index (χ2v) is 2.36. The second-order valence-electron chi connectivity index (χ2n) is 2.36. The molecule has 0 radical (unpaired) electrons. The van der Waals surface area contributed by atoms with Crippen LogP contribution in [-0.2, 0) is 0 Å². The van der Waals surface area contributed by atoms with Gasteiger partial charge in [0.05, 0.1) is 0 Å². The maximum absolute atomic E-state index is 5.56. The van der Waals surface area contributed by atoms with E-state index in [1.54, 1.807) is 0 Å². The molecule has 0 fully saturated rings. The van der Waals surface area contributed by atoms with E-state index in [0.717, 1.165) is 4.68 Å². The first-order chi connectivity index (χ1) is 6.74. The molecule has 10 nitrogen and oxygen atoms in total. The highest BCUT2D eigenvalue weighted by molar-refractivity contribution is 5.63. The highest BCUT2D eigenvalue weighted by Crippen LogP contribution is 2.19. The first-order valence-corrected chi connectivity index (χ1v) is 3.49. The van der Waals surface area contributed by atoms with Crippen molar-refractivity contribution in [1.82, 2.24) is 25.2 Å². The Morgan fingerprint density at radius 3 is 2.57 bits per heavy atom. The predicted molar refractivity (Wildman–Crippen MR) is 45.7 cm³/mol. The highest BCUT2D eigenvalue weighted by Gasteiger charge is 2.17. The summed E-state index contributed by atoms with van der Waals surface area (Å²) in [5, 5.41) is 14.2. The van der Waals surface area contributed by atoms with E-state index in [1.807, 2.05) is 0 Å². The largest absolute Gasteiger partial charge is 0.379 e. The number of hydrogen-bond acceptors (Lipinski definition) is 9. The molecule has 0 amide bonds. The monoisotopic (exact) mass is 197 g/mol. The van der Waals surface area contributed by atoms with Gasteiger partial charge in [0.25, 0.3) is 5.95 Å². The smallest absolute Gasteiger partial charge is 0.257 e. The number of hydrazine groups is 1. The first-order valence-electron chi connectivity index (χ1n) is 3.49. The summed E-state index contributed by atoms with van der Waals surface area (Å²) in [6.07, 6.45) is 0. The molecule has 0 atom stereocenters. The van der Waals surface area contributed by atoms with E-state index in [1.165, 1.54) is 0 Å². The third-order valence-corrected chi connectivity index (χ3v) is 1.55. The van der Waals surface area contributed by atoms with Crippen LogP contribution in [0.1, 0.15) is 0 Å². The van der Waals surface area contributed by atoms with Gasteiger partial charge in [0, 0.05) is 0 Å². The van der Waals surface area contributed by atoms with Crippen LogP contribution in [0.3, 0.4) is 0 Å². The van der Waals surface area contributed by atoms with Gasteiger partial charge in [0.15, 0.2) is 11.5 Å². The zero-order valence-corrected chi connectivity index (χ0v) is 6.88. The molecule has 10 heteroatoms. The van der Waals surface area contributed by atoms with E-state index in [4.69, 9.17) is 17.4 Å². The van der Waals surface area contributed by atoms with E-state index in [-0.39, 0.29) is 23.3 Å². The van der Waals surface area contributed by atoms with Gasteiger partial charge in [-0.05, 0) is 10.3 Å². The molecule has 2 heterocycles. The van der Waals surface area contributed by atoms with E-state index in [9.17, 15) is 0 Å². The standard InChI is InChI=1S/C4H7N9O/c5-2-1(11-14-12-2)3-9-10-4(8-6)13(3)7/h6-7H2,(H2,5,12)(H,8,10). The lowest BCUT2D eigenvalue weighted by Gasteiger charge is -1.99. The molecular formula is C4H7N9O. The van der Waals surface area contributed by atoms with Crippen molar-refractivity contribution in [2.45, 2.75) is 0 Å². The van der Waals surface area contributed by atoms with Crippen LogP contribution in [0.4, 0.5) is 11.8 Å². The average Bonchev–Trinajstić information content (AvgIpc) is 2.72. The van der Waals surface area contributed by atoms with Gasteiger partial charge in [-0.25, -0.2) is 15.1 Å². The Hall–Kier alpha value is -2.36. The van der Waals surface area contributed by atoms with Gasteiger partial charge in [-0.3, -0.25) is 5.43 Å². The van der Waals surface area contributed by atoms with Gasteiger partial charge in [-0.2, -0.15) is 0 Å². The summed E-state index contributed by atoms with van der Waals surface area (Å²) in [5.41, 5.74) is 7.89. The Balaban J connectivity index is 2.52. The van der Waals surface area contributed by atoms with Gasteiger partial charge < -0.3 is 11.6 Å². The second kappa shape index (κ2) is 2.85. The minimum atomic E-state index is 0.0765. The molecule has 0 spiro atoms. The van der Waals surface area contributed by atoms with Crippen molar-refractivity contribution in [1.29, 1.82) is 0 Å². The number of nitrogens with one attached hydrogen (secondary N) is 1. The summed E-state index contributed by atoms with van der Waals surface area (Å²) in [6.45, 7) is 0. The number of nitrogen functional groups attached to an aromatic ring is 3. The topological polar surface area (TPSA) is 160 Å². The number of hydrogen-bond donors (Lipinski definition) is 4. The summed E-state index contributed by atoms with van der Waals surface area (Å²) in [7, 11) is 0. The van der Waals surface area contributed by atoms with Crippen LogP contribution in [0.2, 0.25) is 0 Å². The van der Waals surface area contributed by atoms with E-state index >= 15 is 0 Å². The van der Waals surface area contributed by atoms with Crippen LogP contribution >= 0.6 is 0 Å². The van der Waals surface area contributed by atoms with Crippen LogP contribution < -0.4 is 22.8 Å². The van der Waals surface area contributed by atoms with Gasteiger partial charge in [0.2, 0.25) is 5.82 Å². The normalized spacial score (nSPS) is 10.4. The molecule has 0 aromatic carbocycles. The van der Waals surface area contributed by atoms with E-state index < -0.39 is 0 Å². The van der Waals surface area contributed by atoms with Crippen molar-refractivity contribution in [3.63, 3.8) is 0 Å². The highest BCUT2D eigenvalue weighted by atomic mass is 16.6. The maximum atomic E-state index is 5.56. The SMILES string of the molecule is NNc1nnc(-c2nonc2N)n1N. The van der Waals surface area contributed by atoms with Crippen molar-refractivity contribution in [2.24, 2.45) is 5.84 Å². The molecule has 0 aliphatic heterocycles. The third-order valence-electron chi connectivity index (χ3n) is 1.55. The van der Waals surface area contributed by atoms with Gasteiger partial charge >= 0.3 is 0 Å². The lowest BCUT2D eigenvalue weighted by atomic mass is 10.4. The molecule has 0 aliphatic carbocycles. The van der Waals surface area contributed by atoms with Crippen molar-refractivity contribution in [3.8, 4) is 11.5 Å². The van der Waals surface area contributed by atoms with Crippen molar-refractivity contribution < 1.29 is 4.63 Å². The first kappa shape index (κ1) is 8.25. The average molecular weight is 197 g/mol. The Kier molecular flexibility index (Phi) is 1.68. The molecule has 2 aromatic heterocycles. The fourth-order valence-corrected chi connectivity index (χ4v) is 0.902. The molecule has 2 rings (SSSR count). The molecule has 0 aliphatic rings. The summed E-state index contributed by atoms with van der Waals surface area (Å²) in [6, 6.07) is 0. The number of rotatable bonds is 2. The minimum absolute atomic E-state index is 0.0765. The Labute approximate surface area is 77.0 Å². The van der Waals surface area contributed by atoms with E-state index in [0.29, 0.717) is 0 Å². The van der Waals surface area contributed by atoms with Crippen molar-refractivity contribution >= 4 is 11.8 Å². The number of nitrogens with two attached hydrogens (primary N) is 3. The van der Waals surface area contributed by atoms with Gasteiger partial charge in [0.1, 0.15) is 0 Å². The summed E-state index contributed by atoms with van der Waals surface area (Å²) < 4.78 is 5.46. The van der Waals surface area contributed by atoms with Gasteiger partial charge in [-0.1, -0.05) is 0 Å². The fourth-order valence-electron chi connectivity index (χ4n) is 0.902. The molecule has 0 saturated carbocycles. The van der Waals surface area contributed by atoms with Crippen molar-refractivity contribution in [2.75, 3.05) is 17.0 Å². The van der Waals surface area contributed by atoms with Gasteiger partial charge in [-0.15, -0.1) is 10.2 Å². The zero-order chi connectivity index (χ0) is 10.1. The van der Waals surface area contributed by atoms with Crippen LogP contribution in [0.5, 0.6) is 0 Å². The molecule has 0 unspecified atom stereocenters. The maximum Gasteiger partial charge on any atom is 0.257 e. The Morgan fingerprint density at radius 1 is 1.29 bits per heavy atom. The van der Waals surface area contributed by atoms with Crippen LogP contribution in [-0.4, -0.2) is 25.2 Å². The molecular weight excluding hydrogens is 190 g/mol. The minimum Gasteiger partial charge on any atom is -0.379 e. The lowest BCUT2D eigenvalue weighted by molar-refractivity contribution is 0.310. The van der Waals surface area contributed by atoms with Crippen molar-refractivity contribution in [3.05, 3.63) is 0 Å². The Bertz CT molecular complexity index is 443. The van der Waals surface area contributed by atoms with Crippen LogP contribution in [0, 0.1) is 0 Å². The molecule has 0 bridgehead atoms. The van der Waals surface area contributed by atoms with Crippen LogP contribution in [0.25, 0.3) is 11.5 Å². The quantitative estimate of drug-likeness (QED) is 0.312. The summed E-state index contributed by atoms with van der Waals surface area (Å²) in [5.74, 6) is 11.1. The number of nitrogens with zero attached hydrogens (tertiary/aromatic N) is 5. The number of anilines is 2.